The van der Waals surface area contributed by atoms with Crippen LogP contribution in [0.5, 0.6) is 11.5 Å². The topological polar surface area (TPSA) is 94.7 Å². The van der Waals surface area contributed by atoms with Crippen LogP contribution < -0.4 is 24.8 Å². The second-order valence-corrected chi connectivity index (χ2v) is 12.4. The lowest BCUT2D eigenvalue weighted by molar-refractivity contribution is -0.136. The molecule has 0 aliphatic carbocycles. The van der Waals surface area contributed by atoms with Crippen molar-refractivity contribution < 1.29 is 33.0 Å². The number of nitrogens with zero attached hydrogens (tertiary/aromatic N) is 4. The third-order valence-corrected chi connectivity index (χ3v) is 9.77. The summed E-state index contributed by atoms with van der Waals surface area (Å²) in [5.74, 6) is -0.239. The fourth-order valence-corrected chi connectivity index (χ4v) is 7.30. The van der Waals surface area contributed by atoms with Gasteiger partial charge in [-0.2, -0.15) is 0 Å². The van der Waals surface area contributed by atoms with Gasteiger partial charge in [0.05, 0.1) is 11.7 Å². The molecule has 0 radical (unpaired) electrons. The second-order valence-electron chi connectivity index (χ2n) is 12.4. The maximum atomic E-state index is 14.3. The van der Waals surface area contributed by atoms with Gasteiger partial charge in [0.2, 0.25) is 11.8 Å². The van der Waals surface area contributed by atoms with Crippen LogP contribution in [-0.4, -0.2) is 85.5 Å². The van der Waals surface area contributed by atoms with Gasteiger partial charge in [-0.15, -0.1) is 0 Å². The Morgan fingerprint density at radius 3 is 2.60 bits per heavy atom. The summed E-state index contributed by atoms with van der Waals surface area (Å²) in [7, 11) is 0. The van der Waals surface area contributed by atoms with E-state index in [1.807, 2.05) is 12.1 Å². The highest BCUT2D eigenvalue weighted by molar-refractivity contribution is 6.05. The molecule has 10 nitrogen and oxygen atoms in total. The lowest BCUT2D eigenvalue weighted by atomic mass is 9.94. The monoisotopic (exact) mass is 595 g/mol. The summed E-state index contributed by atoms with van der Waals surface area (Å²) in [5, 5.41) is 2.35. The van der Waals surface area contributed by atoms with E-state index in [1.165, 1.54) is 13.0 Å². The third-order valence-electron chi connectivity index (χ3n) is 9.77. The van der Waals surface area contributed by atoms with E-state index in [4.69, 9.17) is 4.74 Å². The molecule has 12 heteroatoms. The minimum Gasteiger partial charge on any atom is -0.489 e. The molecule has 2 unspecified atom stereocenters. The van der Waals surface area contributed by atoms with Gasteiger partial charge in [0.25, 0.3) is 5.91 Å². The van der Waals surface area contributed by atoms with E-state index >= 15 is 0 Å². The van der Waals surface area contributed by atoms with E-state index in [2.05, 4.69) is 25.0 Å². The van der Waals surface area contributed by atoms with Crippen LogP contribution in [0.2, 0.25) is 0 Å². The number of rotatable bonds is 5. The molecule has 2 atom stereocenters. The molecule has 3 saturated heterocycles. The Labute approximate surface area is 248 Å². The first kappa shape index (κ1) is 27.9. The zero-order chi connectivity index (χ0) is 29.8. The minimum atomic E-state index is -0.640. The Morgan fingerprint density at radius 2 is 1.84 bits per heavy atom. The number of piperidine rings is 2. The number of carbonyl (C=O) groups excluding carboxylic acids is 3. The number of benzene rings is 2. The van der Waals surface area contributed by atoms with Crippen molar-refractivity contribution in [2.75, 3.05) is 55.7 Å². The molecule has 0 aromatic heterocycles. The molecule has 2 aromatic carbocycles. The summed E-state index contributed by atoms with van der Waals surface area (Å²) in [6.07, 6.45) is 2.50. The van der Waals surface area contributed by atoms with Crippen molar-refractivity contribution in [1.82, 2.24) is 15.1 Å². The maximum absolute atomic E-state index is 14.3. The van der Waals surface area contributed by atoms with Crippen molar-refractivity contribution in [1.29, 1.82) is 0 Å². The van der Waals surface area contributed by atoms with E-state index in [9.17, 15) is 23.3 Å². The number of hydrogen-bond donors (Lipinski definition) is 1. The molecule has 5 aliphatic rings. The van der Waals surface area contributed by atoms with Gasteiger partial charge in [-0.3, -0.25) is 29.5 Å². The number of anilines is 2. The number of carbonyl (C=O) groups is 3. The Bertz CT molecular complexity index is 1480. The highest BCUT2D eigenvalue weighted by Gasteiger charge is 2.41. The van der Waals surface area contributed by atoms with Gasteiger partial charge in [0.1, 0.15) is 24.2 Å². The number of halogens is 2. The van der Waals surface area contributed by atoms with Crippen molar-refractivity contribution in [3.8, 4) is 11.5 Å². The van der Waals surface area contributed by atoms with Crippen LogP contribution in [0.25, 0.3) is 0 Å². The molecule has 2 aromatic rings. The Balaban J connectivity index is 0.966. The van der Waals surface area contributed by atoms with E-state index < -0.39 is 17.8 Å². The fourth-order valence-electron chi connectivity index (χ4n) is 7.30. The summed E-state index contributed by atoms with van der Waals surface area (Å²) in [5.41, 5.74) is 3.25. The third kappa shape index (κ3) is 5.05. The molecule has 0 saturated carbocycles. The first-order valence-corrected chi connectivity index (χ1v) is 15.1. The van der Waals surface area contributed by atoms with E-state index in [-0.39, 0.29) is 35.6 Å². The van der Waals surface area contributed by atoms with Gasteiger partial charge >= 0.3 is 0 Å². The standard InChI is InChI=1S/C31H35F2N5O5/c1-18-24(32)11-21(12-27(18)43-33)36-6-4-19(5-7-36)14-35-8-9-37-22(16-35)17-42-28-13-23-20(10-26(28)37)15-38(31(23)41)25-2-3-29(39)34-30(25)40/h10-13,19,22,25H,2-9,14-17H2,1H3,(H,34,39,40). The summed E-state index contributed by atoms with van der Waals surface area (Å²) in [4.78, 5) is 49.7. The van der Waals surface area contributed by atoms with Crippen LogP contribution in [0.1, 0.15) is 47.2 Å². The first-order chi connectivity index (χ1) is 20.8. The molecular formula is C31H35F2N5O5. The summed E-state index contributed by atoms with van der Waals surface area (Å²) in [6, 6.07) is 6.43. The van der Waals surface area contributed by atoms with Crippen molar-refractivity contribution in [2.24, 2.45) is 5.92 Å². The average molecular weight is 596 g/mol. The molecule has 7 rings (SSSR count). The van der Waals surface area contributed by atoms with E-state index in [0.717, 1.165) is 63.4 Å². The molecule has 43 heavy (non-hydrogen) atoms. The highest BCUT2D eigenvalue weighted by atomic mass is 19.3. The van der Waals surface area contributed by atoms with E-state index in [1.54, 1.807) is 11.0 Å². The molecular weight excluding hydrogens is 560 g/mol. The summed E-state index contributed by atoms with van der Waals surface area (Å²) in [6.45, 7) is 7.54. The number of ether oxygens (including phenoxy) is 1. The maximum Gasteiger partial charge on any atom is 0.255 e. The van der Waals surface area contributed by atoms with Gasteiger partial charge < -0.3 is 19.4 Å². The lowest BCUT2D eigenvalue weighted by Crippen LogP contribution is -2.58. The van der Waals surface area contributed by atoms with Gasteiger partial charge in [-0.1, -0.05) is 0 Å². The number of hydrogen-bond acceptors (Lipinski definition) is 8. The minimum absolute atomic E-state index is 0.0746. The van der Waals surface area contributed by atoms with Gasteiger partial charge in [-0.25, -0.2) is 4.39 Å². The molecule has 0 bridgehead atoms. The normalized spacial score (nSPS) is 24.3. The molecule has 0 spiro atoms. The molecule has 3 fully saturated rings. The molecule has 228 valence electrons. The molecule has 5 aliphatic heterocycles. The van der Waals surface area contributed by atoms with Crippen LogP contribution in [0.15, 0.2) is 24.3 Å². The number of nitrogens with one attached hydrogen (secondary N) is 1. The first-order valence-electron chi connectivity index (χ1n) is 15.1. The van der Waals surface area contributed by atoms with Crippen molar-refractivity contribution in [2.45, 2.75) is 51.2 Å². The number of piperazine rings is 1. The summed E-state index contributed by atoms with van der Waals surface area (Å²) < 4.78 is 33.3. The Morgan fingerprint density at radius 1 is 1.02 bits per heavy atom. The SMILES string of the molecule is Cc1c(F)cc(N2CCC(CN3CCN4c5cc6c(cc5OCC4C3)C(=O)N(C3CCC(=O)NC3=O)C6)CC2)cc1OF. The number of amides is 3. The summed E-state index contributed by atoms with van der Waals surface area (Å²) >= 11 is 0. The van der Waals surface area contributed by atoms with Crippen molar-refractivity contribution >= 4 is 29.1 Å². The van der Waals surface area contributed by atoms with Crippen molar-refractivity contribution in [3.63, 3.8) is 0 Å². The number of fused-ring (bicyclic) bond motifs is 4. The number of imide groups is 1. The Kier molecular flexibility index (Phi) is 7.11. The lowest BCUT2D eigenvalue weighted by Gasteiger charge is -2.47. The smallest absolute Gasteiger partial charge is 0.255 e. The Hall–Kier alpha value is -3.93. The van der Waals surface area contributed by atoms with Crippen LogP contribution in [0.3, 0.4) is 0 Å². The van der Waals surface area contributed by atoms with Crippen LogP contribution in [0, 0.1) is 18.7 Å². The van der Waals surface area contributed by atoms with Gasteiger partial charge in [0.15, 0.2) is 5.75 Å². The van der Waals surface area contributed by atoms with Crippen molar-refractivity contribution in [3.05, 3.63) is 46.8 Å². The average Bonchev–Trinajstić information content (AvgIpc) is 3.32. The molecule has 3 amide bonds. The zero-order valence-corrected chi connectivity index (χ0v) is 24.1. The van der Waals surface area contributed by atoms with Gasteiger partial charge in [-0.05, 0) is 55.9 Å². The van der Waals surface area contributed by atoms with Gasteiger partial charge in [0, 0.05) is 79.6 Å². The molecule has 5 heterocycles. The fraction of sp³-hybridized carbons (Fsp3) is 0.516. The van der Waals surface area contributed by atoms with E-state index in [0.29, 0.717) is 42.5 Å². The van der Waals surface area contributed by atoms with Crippen LogP contribution in [0.4, 0.5) is 20.3 Å². The predicted octanol–water partition coefficient (Wildman–Crippen LogP) is 2.96. The largest absolute Gasteiger partial charge is 0.489 e. The highest BCUT2D eigenvalue weighted by Crippen LogP contribution is 2.41. The molecule has 1 N–H and O–H groups in total. The zero-order valence-electron chi connectivity index (χ0n) is 24.1. The predicted molar refractivity (Wildman–Crippen MR) is 153 cm³/mol. The van der Waals surface area contributed by atoms with Crippen LogP contribution >= 0.6 is 0 Å². The quantitative estimate of drug-likeness (QED) is 0.528. The van der Waals surface area contributed by atoms with Crippen LogP contribution in [-0.2, 0) is 16.1 Å². The second kappa shape index (κ2) is 11.0.